The number of amides is 3. The zero-order valence-electron chi connectivity index (χ0n) is 15.6. The highest BCUT2D eigenvalue weighted by Gasteiger charge is 2.39. The number of hydrogen-bond donors (Lipinski definition) is 3. The van der Waals surface area contributed by atoms with Crippen molar-refractivity contribution in [2.45, 2.75) is 50.7 Å². The summed E-state index contributed by atoms with van der Waals surface area (Å²) >= 11 is 0. The van der Waals surface area contributed by atoms with Gasteiger partial charge in [0, 0.05) is 20.1 Å². The molecule has 2 rings (SSSR count). The van der Waals surface area contributed by atoms with E-state index in [1.807, 2.05) is 0 Å². The van der Waals surface area contributed by atoms with E-state index in [1.165, 1.54) is 11.8 Å². The van der Waals surface area contributed by atoms with Crippen LogP contribution in [0.1, 0.15) is 37.8 Å². The first-order valence-corrected chi connectivity index (χ1v) is 9.17. The molecule has 28 heavy (non-hydrogen) atoms. The van der Waals surface area contributed by atoms with Crippen LogP contribution in [0.3, 0.4) is 0 Å². The SMILES string of the molecule is CC(=O)NC(C(=O)N1CCCC1C(=O)NC(CCO)C(F)F)c1ccccc1. The Balaban J connectivity index is 2.17. The van der Waals surface area contributed by atoms with E-state index in [0.717, 1.165) is 0 Å². The third-order valence-corrected chi connectivity index (χ3v) is 4.64. The number of carbonyl (C=O) groups excluding carboxylic acids is 3. The van der Waals surface area contributed by atoms with E-state index < -0.39 is 48.9 Å². The Morgan fingerprint density at radius 3 is 2.46 bits per heavy atom. The van der Waals surface area contributed by atoms with Gasteiger partial charge in [-0.2, -0.15) is 0 Å². The van der Waals surface area contributed by atoms with Crippen LogP contribution in [0.5, 0.6) is 0 Å². The number of rotatable bonds is 8. The Hall–Kier alpha value is -2.55. The van der Waals surface area contributed by atoms with Crippen LogP contribution < -0.4 is 10.6 Å². The fraction of sp³-hybridized carbons (Fsp3) is 0.526. The summed E-state index contributed by atoms with van der Waals surface area (Å²) in [6.07, 6.45) is -2.21. The molecule has 9 heteroatoms. The molecule has 0 aliphatic carbocycles. The molecule has 3 atom stereocenters. The highest BCUT2D eigenvalue weighted by atomic mass is 19.3. The average Bonchev–Trinajstić information content (AvgIpc) is 3.15. The summed E-state index contributed by atoms with van der Waals surface area (Å²) in [6.45, 7) is 1.10. The number of aliphatic hydroxyl groups excluding tert-OH is 1. The zero-order valence-corrected chi connectivity index (χ0v) is 15.6. The van der Waals surface area contributed by atoms with Crippen LogP contribution in [0, 0.1) is 0 Å². The van der Waals surface area contributed by atoms with Crippen molar-refractivity contribution in [3.8, 4) is 0 Å². The Morgan fingerprint density at radius 2 is 1.89 bits per heavy atom. The number of carbonyl (C=O) groups is 3. The van der Waals surface area contributed by atoms with Crippen molar-refractivity contribution in [2.24, 2.45) is 0 Å². The summed E-state index contributed by atoms with van der Waals surface area (Å²) in [6, 6.07) is 5.28. The van der Waals surface area contributed by atoms with E-state index in [1.54, 1.807) is 30.3 Å². The summed E-state index contributed by atoms with van der Waals surface area (Å²) < 4.78 is 26.1. The van der Waals surface area contributed by atoms with Crippen molar-refractivity contribution in [3.63, 3.8) is 0 Å². The predicted octanol–water partition coefficient (Wildman–Crippen LogP) is 0.987. The Kier molecular flexibility index (Phi) is 7.86. The molecule has 0 radical (unpaired) electrons. The summed E-state index contributed by atoms with van der Waals surface area (Å²) in [5.41, 5.74) is 0.569. The summed E-state index contributed by atoms with van der Waals surface area (Å²) in [4.78, 5) is 38.5. The van der Waals surface area contributed by atoms with Gasteiger partial charge in [-0.3, -0.25) is 14.4 Å². The van der Waals surface area contributed by atoms with Gasteiger partial charge in [-0.15, -0.1) is 0 Å². The number of halogens is 2. The van der Waals surface area contributed by atoms with Crippen molar-refractivity contribution in [1.82, 2.24) is 15.5 Å². The van der Waals surface area contributed by atoms with Gasteiger partial charge in [0.25, 0.3) is 6.43 Å². The van der Waals surface area contributed by atoms with Crippen LogP contribution >= 0.6 is 0 Å². The van der Waals surface area contributed by atoms with Gasteiger partial charge in [-0.1, -0.05) is 30.3 Å². The lowest BCUT2D eigenvalue weighted by molar-refractivity contribution is -0.142. The lowest BCUT2D eigenvalue weighted by atomic mass is 10.0. The molecule has 1 saturated heterocycles. The number of nitrogens with one attached hydrogen (secondary N) is 2. The van der Waals surface area contributed by atoms with Gasteiger partial charge in [0.2, 0.25) is 17.7 Å². The lowest BCUT2D eigenvalue weighted by Gasteiger charge is -2.29. The van der Waals surface area contributed by atoms with E-state index >= 15 is 0 Å². The van der Waals surface area contributed by atoms with Gasteiger partial charge in [-0.25, -0.2) is 8.78 Å². The van der Waals surface area contributed by atoms with Gasteiger partial charge in [0.1, 0.15) is 12.1 Å². The molecule has 7 nitrogen and oxygen atoms in total. The number of hydrogen-bond acceptors (Lipinski definition) is 4. The smallest absolute Gasteiger partial charge is 0.258 e. The number of aliphatic hydroxyl groups is 1. The topological polar surface area (TPSA) is 98.7 Å². The van der Waals surface area contributed by atoms with Crippen molar-refractivity contribution >= 4 is 17.7 Å². The minimum absolute atomic E-state index is 0.275. The second-order valence-electron chi connectivity index (χ2n) is 6.70. The Morgan fingerprint density at radius 1 is 1.21 bits per heavy atom. The van der Waals surface area contributed by atoms with Gasteiger partial charge in [-0.05, 0) is 24.8 Å². The molecule has 0 spiro atoms. The molecule has 1 aromatic rings. The quantitative estimate of drug-likeness (QED) is 0.609. The van der Waals surface area contributed by atoms with Crippen LogP contribution in [-0.4, -0.2) is 59.4 Å². The summed E-state index contributed by atoms with van der Waals surface area (Å²) in [5, 5.41) is 13.7. The Labute approximate surface area is 162 Å². The van der Waals surface area contributed by atoms with Crippen molar-refractivity contribution in [3.05, 3.63) is 35.9 Å². The zero-order chi connectivity index (χ0) is 20.7. The standard InChI is InChI=1S/C19H25F2N3O4/c1-12(26)22-16(13-6-3-2-4-7-13)19(28)24-10-5-8-15(24)18(27)23-14(9-11-25)17(20)21/h2-4,6-7,14-17,25H,5,8-11H2,1H3,(H,22,26)(H,23,27). The number of likely N-dealkylation sites (tertiary alicyclic amines) is 1. The van der Waals surface area contributed by atoms with Crippen LogP contribution in [0.25, 0.3) is 0 Å². The first-order valence-electron chi connectivity index (χ1n) is 9.17. The van der Waals surface area contributed by atoms with Crippen LogP contribution in [0.4, 0.5) is 8.78 Å². The maximum atomic E-state index is 13.1. The third kappa shape index (κ3) is 5.48. The third-order valence-electron chi connectivity index (χ3n) is 4.64. The highest BCUT2D eigenvalue weighted by Crippen LogP contribution is 2.24. The molecular formula is C19H25F2N3O4. The van der Waals surface area contributed by atoms with Crippen molar-refractivity contribution in [2.75, 3.05) is 13.2 Å². The largest absolute Gasteiger partial charge is 0.396 e. The molecule has 1 aliphatic heterocycles. The highest BCUT2D eigenvalue weighted by molar-refractivity contribution is 5.93. The molecule has 0 saturated carbocycles. The minimum Gasteiger partial charge on any atom is -0.396 e. The van der Waals surface area contributed by atoms with E-state index in [-0.39, 0.29) is 6.42 Å². The molecular weight excluding hydrogens is 372 g/mol. The van der Waals surface area contributed by atoms with E-state index in [4.69, 9.17) is 5.11 Å². The monoisotopic (exact) mass is 397 g/mol. The van der Waals surface area contributed by atoms with Crippen LogP contribution in [0.2, 0.25) is 0 Å². The average molecular weight is 397 g/mol. The van der Waals surface area contributed by atoms with Crippen LogP contribution in [0.15, 0.2) is 30.3 Å². The molecule has 0 bridgehead atoms. The van der Waals surface area contributed by atoms with Gasteiger partial charge < -0.3 is 20.6 Å². The molecule has 154 valence electrons. The van der Waals surface area contributed by atoms with Gasteiger partial charge in [0.05, 0.1) is 6.04 Å². The molecule has 3 unspecified atom stereocenters. The maximum Gasteiger partial charge on any atom is 0.258 e. The fourth-order valence-corrected chi connectivity index (χ4v) is 3.28. The maximum absolute atomic E-state index is 13.1. The first kappa shape index (κ1) is 21.7. The second-order valence-corrected chi connectivity index (χ2v) is 6.70. The van der Waals surface area contributed by atoms with Gasteiger partial charge >= 0.3 is 0 Å². The Bertz CT molecular complexity index is 687. The molecule has 1 heterocycles. The lowest BCUT2D eigenvalue weighted by Crippen LogP contribution is -2.53. The van der Waals surface area contributed by atoms with Gasteiger partial charge in [0.15, 0.2) is 0 Å². The predicted molar refractivity (Wildman–Crippen MR) is 97.4 cm³/mol. The second kappa shape index (κ2) is 10.1. The van der Waals surface area contributed by atoms with Crippen molar-refractivity contribution in [1.29, 1.82) is 0 Å². The molecule has 1 aliphatic rings. The summed E-state index contributed by atoms with van der Waals surface area (Å²) in [5.74, 6) is -1.54. The first-order chi connectivity index (χ1) is 13.3. The molecule has 3 amide bonds. The number of alkyl halides is 2. The van der Waals surface area contributed by atoms with Crippen molar-refractivity contribution < 1.29 is 28.3 Å². The molecule has 3 N–H and O–H groups in total. The number of benzene rings is 1. The molecule has 1 aromatic carbocycles. The van der Waals surface area contributed by atoms with E-state index in [0.29, 0.717) is 24.9 Å². The molecule has 1 fully saturated rings. The van der Waals surface area contributed by atoms with E-state index in [2.05, 4.69) is 10.6 Å². The van der Waals surface area contributed by atoms with Crippen LogP contribution in [-0.2, 0) is 14.4 Å². The van der Waals surface area contributed by atoms with E-state index in [9.17, 15) is 23.2 Å². The minimum atomic E-state index is -2.82. The molecule has 0 aromatic heterocycles. The summed E-state index contributed by atoms with van der Waals surface area (Å²) in [7, 11) is 0. The number of nitrogens with zero attached hydrogens (tertiary/aromatic N) is 1. The normalized spacial score (nSPS) is 18.6. The fourth-order valence-electron chi connectivity index (χ4n) is 3.28.